The van der Waals surface area contributed by atoms with Gasteiger partial charge in [0, 0.05) is 11.6 Å². The second-order valence-electron chi connectivity index (χ2n) is 4.94. The average Bonchev–Trinajstić information content (AvgIpc) is 2.64. The quantitative estimate of drug-likeness (QED) is 0.814. The first-order valence-corrected chi connectivity index (χ1v) is 6.07. The van der Waals surface area contributed by atoms with Crippen LogP contribution in [-0.2, 0) is 5.41 Å². The molecule has 1 heterocycles. The van der Waals surface area contributed by atoms with Crippen LogP contribution in [0.25, 0.3) is 11.3 Å². The first-order valence-electron chi connectivity index (χ1n) is 5.30. The summed E-state index contributed by atoms with van der Waals surface area (Å²) in [5, 5.41) is 0.759. The molecule has 1 aromatic carbocycles. The van der Waals surface area contributed by atoms with E-state index >= 15 is 0 Å². The molecule has 0 aliphatic rings. The Kier molecular flexibility index (Phi) is 2.72. The molecule has 0 atom stereocenters. The highest BCUT2D eigenvalue weighted by Gasteiger charge is 2.13. The van der Waals surface area contributed by atoms with E-state index < -0.39 is 0 Å². The van der Waals surface area contributed by atoms with Crippen molar-refractivity contribution in [2.24, 2.45) is 0 Å². The number of nitrogens with zero attached hydrogens (tertiary/aromatic N) is 1. The van der Waals surface area contributed by atoms with Gasteiger partial charge in [-0.1, -0.05) is 45.0 Å². The number of anilines is 1. The van der Waals surface area contributed by atoms with Crippen LogP contribution in [0.5, 0.6) is 0 Å². The molecule has 16 heavy (non-hydrogen) atoms. The van der Waals surface area contributed by atoms with Gasteiger partial charge < -0.3 is 5.73 Å². The number of aromatic nitrogens is 1. The van der Waals surface area contributed by atoms with Crippen molar-refractivity contribution in [3.63, 3.8) is 0 Å². The third-order valence-corrected chi connectivity index (χ3v) is 3.19. The van der Waals surface area contributed by atoms with Crippen molar-refractivity contribution >= 4 is 16.5 Å². The van der Waals surface area contributed by atoms with Crippen molar-refractivity contribution in [2.75, 3.05) is 5.73 Å². The molecule has 2 aromatic rings. The van der Waals surface area contributed by atoms with Crippen molar-refractivity contribution in [1.82, 2.24) is 4.37 Å². The fourth-order valence-electron chi connectivity index (χ4n) is 1.57. The number of benzene rings is 1. The summed E-state index contributed by atoms with van der Waals surface area (Å²) in [5.41, 5.74) is 9.28. The molecule has 0 aliphatic heterocycles. The number of rotatable bonds is 1. The molecule has 0 amide bonds. The first-order chi connectivity index (χ1) is 7.47. The van der Waals surface area contributed by atoms with Crippen LogP contribution in [0.3, 0.4) is 0 Å². The summed E-state index contributed by atoms with van der Waals surface area (Å²) >= 11 is 1.34. The predicted molar refractivity (Wildman–Crippen MR) is 70.7 cm³/mol. The maximum Gasteiger partial charge on any atom is 0.107 e. The van der Waals surface area contributed by atoms with E-state index in [0.717, 1.165) is 16.3 Å². The Bertz CT molecular complexity index is 477. The molecule has 0 radical (unpaired) electrons. The van der Waals surface area contributed by atoms with E-state index in [0.29, 0.717) is 0 Å². The van der Waals surface area contributed by atoms with Gasteiger partial charge in [-0.25, -0.2) is 0 Å². The van der Waals surface area contributed by atoms with Crippen LogP contribution in [0.2, 0.25) is 0 Å². The third kappa shape index (κ3) is 2.25. The van der Waals surface area contributed by atoms with E-state index in [1.807, 2.05) is 6.07 Å². The van der Waals surface area contributed by atoms with Crippen molar-refractivity contribution in [2.45, 2.75) is 26.2 Å². The predicted octanol–water partition coefficient (Wildman–Crippen LogP) is 3.69. The molecule has 2 rings (SSSR count). The maximum absolute atomic E-state index is 5.67. The Morgan fingerprint density at radius 1 is 1.12 bits per heavy atom. The Morgan fingerprint density at radius 2 is 1.75 bits per heavy atom. The zero-order valence-electron chi connectivity index (χ0n) is 9.82. The molecule has 0 bridgehead atoms. The highest BCUT2D eigenvalue weighted by Crippen LogP contribution is 2.27. The lowest BCUT2D eigenvalue weighted by atomic mass is 9.86. The van der Waals surface area contributed by atoms with E-state index in [1.54, 1.807) is 0 Å². The summed E-state index contributed by atoms with van der Waals surface area (Å²) in [7, 11) is 0. The van der Waals surface area contributed by atoms with Crippen LogP contribution >= 0.6 is 11.5 Å². The lowest BCUT2D eigenvalue weighted by Gasteiger charge is -2.18. The molecule has 0 unspecified atom stereocenters. The average molecular weight is 232 g/mol. The van der Waals surface area contributed by atoms with Crippen LogP contribution in [-0.4, -0.2) is 4.37 Å². The second kappa shape index (κ2) is 3.91. The van der Waals surface area contributed by atoms with Crippen LogP contribution < -0.4 is 5.73 Å². The number of hydrogen-bond donors (Lipinski definition) is 1. The molecule has 0 saturated heterocycles. The van der Waals surface area contributed by atoms with Crippen molar-refractivity contribution in [1.29, 1.82) is 0 Å². The van der Waals surface area contributed by atoms with Crippen molar-refractivity contribution < 1.29 is 0 Å². The van der Waals surface area contributed by atoms with Gasteiger partial charge in [-0.3, -0.25) is 0 Å². The monoisotopic (exact) mass is 232 g/mol. The topological polar surface area (TPSA) is 38.9 Å². The maximum atomic E-state index is 5.67. The van der Waals surface area contributed by atoms with Gasteiger partial charge in [0.1, 0.15) is 5.00 Å². The first kappa shape index (κ1) is 11.1. The Labute approximate surface area is 100 Å². The summed E-state index contributed by atoms with van der Waals surface area (Å²) in [6.45, 7) is 6.63. The van der Waals surface area contributed by atoms with Crippen molar-refractivity contribution in [3.8, 4) is 11.3 Å². The van der Waals surface area contributed by atoms with E-state index in [-0.39, 0.29) is 5.41 Å². The molecule has 2 N–H and O–H groups in total. The van der Waals surface area contributed by atoms with E-state index in [1.165, 1.54) is 17.1 Å². The number of nitrogens with two attached hydrogens (primary N) is 1. The minimum absolute atomic E-state index is 0.194. The number of hydrogen-bond acceptors (Lipinski definition) is 3. The lowest BCUT2D eigenvalue weighted by Crippen LogP contribution is -2.10. The summed E-state index contributed by atoms with van der Waals surface area (Å²) in [5.74, 6) is 0. The van der Waals surface area contributed by atoms with Crippen LogP contribution in [0, 0.1) is 0 Å². The molecule has 84 valence electrons. The van der Waals surface area contributed by atoms with E-state index in [2.05, 4.69) is 49.4 Å². The van der Waals surface area contributed by atoms with Gasteiger partial charge in [0.15, 0.2) is 0 Å². The Balaban J connectivity index is 2.33. The van der Waals surface area contributed by atoms with Gasteiger partial charge in [-0.05, 0) is 22.5 Å². The smallest absolute Gasteiger partial charge is 0.107 e. The zero-order chi connectivity index (χ0) is 11.8. The highest BCUT2D eigenvalue weighted by atomic mass is 32.1. The normalized spacial score (nSPS) is 11.7. The molecular formula is C13H16N2S. The summed E-state index contributed by atoms with van der Waals surface area (Å²) in [4.78, 5) is 0. The molecule has 2 nitrogen and oxygen atoms in total. The number of nitrogen functional groups attached to an aromatic ring is 1. The molecule has 0 saturated carbocycles. The summed E-state index contributed by atoms with van der Waals surface area (Å²) < 4.78 is 4.29. The molecule has 1 aromatic heterocycles. The third-order valence-electron chi connectivity index (χ3n) is 2.58. The van der Waals surface area contributed by atoms with Gasteiger partial charge >= 0.3 is 0 Å². The fourth-order valence-corrected chi connectivity index (χ4v) is 2.09. The minimum Gasteiger partial charge on any atom is -0.389 e. The lowest BCUT2D eigenvalue weighted by molar-refractivity contribution is 0.590. The zero-order valence-corrected chi connectivity index (χ0v) is 10.6. The second-order valence-corrected chi connectivity index (χ2v) is 5.78. The highest BCUT2D eigenvalue weighted by molar-refractivity contribution is 7.10. The van der Waals surface area contributed by atoms with Gasteiger partial charge in [-0.2, -0.15) is 4.37 Å². The molecule has 0 spiro atoms. The molecular weight excluding hydrogens is 216 g/mol. The van der Waals surface area contributed by atoms with Crippen LogP contribution in [0.15, 0.2) is 30.3 Å². The fraction of sp³-hybridized carbons (Fsp3) is 0.308. The van der Waals surface area contributed by atoms with Gasteiger partial charge in [-0.15, -0.1) is 0 Å². The standard InChI is InChI=1S/C13H16N2S/c1-13(2,3)10-6-4-9(5-7-10)11-8-12(14)16-15-11/h4-8H,14H2,1-3H3. The summed E-state index contributed by atoms with van der Waals surface area (Å²) in [6.07, 6.45) is 0. The van der Waals surface area contributed by atoms with E-state index in [4.69, 9.17) is 5.73 Å². The minimum atomic E-state index is 0.194. The van der Waals surface area contributed by atoms with Crippen LogP contribution in [0.1, 0.15) is 26.3 Å². The van der Waals surface area contributed by atoms with E-state index in [9.17, 15) is 0 Å². The van der Waals surface area contributed by atoms with Gasteiger partial charge in [0.25, 0.3) is 0 Å². The Morgan fingerprint density at radius 3 is 2.19 bits per heavy atom. The molecule has 0 aliphatic carbocycles. The van der Waals surface area contributed by atoms with Crippen molar-refractivity contribution in [3.05, 3.63) is 35.9 Å². The van der Waals surface area contributed by atoms with Gasteiger partial charge in [0.05, 0.1) is 5.69 Å². The van der Waals surface area contributed by atoms with Crippen LogP contribution in [0.4, 0.5) is 5.00 Å². The largest absolute Gasteiger partial charge is 0.389 e. The molecule has 3 heteroatoms. The molecule has 0 fully saturated rings. The van der Waals surface area contributed by atoms with Gasteiger partial charge in [0.2, 0.25) is 0 Å². The summed E-state index contributed by atoms with van der Waals surface area (Å²) in [6, 6.07) is 10.4. The SMILES string of the molecule is CC(C)(C)c1ccc(-c2cc(N)sn2)cc1. The Hall–Kier alpha value is -1.35.